The molecule has 1 aliphatic rings. The molecule has 1 aromatic rings. The van der Waals surface area contributed by atoms with Gasteiger partial charge in [0.25, 0.3) is 0 Å². The predicted octanol–water partition coefficient (Wildman–Crippen LogP) is 2.92. The molecule has 2 rings (SSSR count). The van der Waals surface area contributed by atoms with E-state index in [-0.39, 0.29) is 23.1 Å². The Morgan fingerprint density at radius 2 is 2.14 bits per heavy atom. The van der Waals surface area contributed by atoms with E-state index in [0.29, 0.717) is 5.69 Å². The van der Waals surface area contributed by atoms with Gasteiger partial charge in [0.1, 0.15) is 5.82 Å². The summed E-state index contributed by atoms with van der Waals surface area (Å²) in [6.45, 7) is 3.53. The molecule has 0 spiro atoms. The Kier molecular flexibility index (Phi) is 5.56. The van der Waals surface area contributed by atoms with Crippen molar-refractivity contribution in [3.8, 4) is 0 Å². The number of anilines is 1. The number of benzene rings is 1. The lowest BCUT2D eigenvalue weighted by atomic mass is 10.1. The maximum Gasteiger partial charge on any atom is 0.241 e. The van der Waals surface area contributed by atoms with Crippen LogP contribution in [0.4, 0.5) is 10.1 Å². The number of halogens is 2. The lowest BCUT2D eigenvalue weighted by molar-refractivity contribution is -0.121. The number of carbonyl (C=O) groups excluding carboxylic acids is 1. The van der Waals surface area contributed by atoms with Crippen LogP contribution in [-0.4, -0.2) is 43.2 Å². The van der Waals surface area contributed by atoms with Crippen LogP contribution in [0.1, 0.15) is 19.8 Å². The molecule has 0 saturated carbocycles. The summed E-state index contributed by atoms with van der Waals surface area (Å²) in [7, 11) is 1.72. The minimum Gasteiger partial charge on any atom is -0.381 e. The average Bonchev–Trinajstić information content (AvgIpc) is 2.50. The molecule has 0 bridgehead atoms. The molecular formula is C15H20ClFN2O2. The van der Waals surface area contributed by atoms with Crippen molar-refractivity contribution < 1.29 is 13.9 Å². The summed E-state index contributed by atoms with van der Waals surface area (Å²) in [5.41, 5.74) is 0.505. The van der Waals surface area contributed by atoms with E-state index in [0.717, 1.165) is 25.9 Å². The normalized spacial score (nSPS) is 18.5. The number of ether oxygens (including phenoxy) is 1. The number of carbonyl (C=O) groups is 1. The molecule has 0 aliphatic carbocycles. The molecule has 21 heavy (non-hydrogen) atoms. The SMILES string of the molecule is COC1CCN([C@H](C)C(=O)Nc2ccc(F)c(Cl)c2)CC1. The van der Waals surface area contributed by atoms with E-state index >= 15 is 0 Å². The smallest absolute Gasteiger partial charge is 0.241 e. The van der Waals surface area contributed by atoms with Gasteiger partial charge in [-0.05, 0) is 38.0 Å². The molecule has 6 heteroatoms. The van der Waals surface area contributed by atoms with Crippen LogP contribution in [0.2, 0.25) is 5.02 Å². The highest BCUT2D eigenvalue weighted by Gasteiger charge is 2.26. The number of hydrogen-bond acceptors (Lipinski definition) is 3. The number of rotatable bonds is 4. The van der Waals surface area contributed by atoms with Gasteiger partial charge in [0.05, 0.1) is 17.2 Å². The van der Waals surface area contributed by atoms with Crippen LogP contribution >= 0.6 is 11.6 Å². The monoisotopic (exact) mass is 314 g/mol. The van der Waals surface area contributed by atoms with Crippen molar-refractivity contribution in [2.24, 2.45) is 0 Å². The molecule has 0 aromatic heterocycles. The van der Waals surface area contributed by atoms with E-state index < -0.39 is 5.82 Å². The number of amides is 1. The molecule has 1 amide bonds. The maximum absolute atomic E-state index is 13.1. The molecule has 116 valence electrons. The zero-order valence-electron chi connectivity index (χ0n) is 12.2. The highest BCUT2D eigenvalue weighted by Crippen LogP contribution is 2.20. The number of nitrogens with one attached hydrogen (secondary N) is 1. The quantitative estimate of drug-likeness (QED) is 0.929. The third-order valence-electron chi connectivity index (χ3n) is 3.92. The second-order valence-corrected chi connectivity index (χ2v) is 5.67. The standard InChI is InChI=1S/C15H20ClFN2O2/c1-10(19-7-5-12(21-2)6-8-19)15(20)18-11-3-4-14(17)13(16)9-11/h3-4,9-10,12H,5-8H2,1-2H3,(H,18,20)/t10-/m1/s1. The molecule has 1 fully saturated rings. The molecule has 1 N–H and O–H groups in total. The van der Waals surface area contributed by atoms with Crippen molar-refractivity contribution in [2.75, 3.05) is 25.5 Å². The summed E-state index contributed by atoms with van der Waals surface area (Å²) in [4.78, 5) is 14.4. The second kappa shape index (κ2) is 7.20. The van der Waals surface area contributed by atoms with Gasteiger partial charge in [0, 0.05) is 25.9 Å². The van der Waals surface area contributed by atoms with Gasteiger partial charge in [-0.25, -0.2) is 4.39 Å². The molecule has 1 saturated heterocycles. The molecule has 0 unspecified atom stereocenters. The number of hydrogen-bond donors (Lipinski definition) is 1. The molecule has 1 heterocycles. The molecule has 1 atom stereocenters. The van der Waals surface area contributed by atoms with Crippen molar-refractivity contribution in [3.63, 3.8) is 0 Å². The topological polar surface area (TPSA) is 41.6 Å². The Hall–Kier alpha value is -1.17. The van der Waals surface area contributed by atoms with Crippen LogP contribution in [0.15, 0.2) is 18.2 Å². The second-order valence-electron chi connectivity index (χ2n) is 5.27. The fourth-order valence-electron chi connectivity index (χ4n) is 2.49. The minimum atomic E-state index is -0.496. The Labute approximate surface area is 129 Å². The van der Waals surface area contributed by atoms with Crippen molar-refractivity contribution in [3.05, 3.63) is 29.0 Å². The zero-order valence-corrected chi connectivity index (χ0v) is 13.0. The van der Waals surface area contributed by atoms with Crippen molar-refractivity contribution in [2.45, 2.75) is 31.9 Å². The van der Waals surface area contributed by atoms with Gasteiger partial charge < -0.3 is 10.1 Å². The Bertz CT molecular complexity index is 504. The first-order valence-electron chi connectivity index (χ1n) is 7.04. The van der Waals surface area contributed by atoms with Crippen molar-refractivity contribution >= 4 is 23.2 Å². The van der Waals surface area contributed by atoms with Gasteiger partial charge in [-0.2, -0.15) is 0 Å². The number of methoxy groups -OCH3 is 1. The molecular weight excluding hydrogens is 295 g/mol. The number of likely N-dealkylation sites (tertiary alicyclic amines) is 1. The van der Waals surface area contributed by atoms with Crippen molar-refractivity contribution in [1.82, 2.24) is 4.90 Å². The Morgan fingerprint density at radius 1 is 1.48 bits per heavy atom. The van der Waals surface area contributed by atoms with E-state index in [2.05, 4.69) is 10.2 Å². The summed E-state index contributed by atoms with van der Waals surface area (Å²) in [5, 5.41) is 2.77. The predicted molar refractivity (Wildman–Crippen MR) is 81.1 cm³/mol. The summed E-state index contributed by atoms with van der Waals surface area (Å²) in [5.74, 6) is -0.613. The lowest BCUT2D eigenvalue weighted by Crippen LogP contribution is -2.47. The highest BCUT2D eigenvalue weighted by atomic mass is 35.5. The van der Waals surface area contributed by atoms with Crippen LogP contribution in [0.5, 0.6) is 0 Å². The van der Waals surface area contributed by atoms with Gasteiger partial charge >= 0.3 is 0 Å². The van der Waals surface area contributed by atoms with Crippen molar-refractivity contribution in [1.29, 1.82) is 0 Å². The largest absolute Gasteiger partial charge is 0.381 e. The number of piperidine rings is 1. The van der Waals surface area contributed by atoms with Gasteiger partial charge in [0.15, 0.2) is 0 Å². The van der Waals surface area contributed by atoms with Gasteiger partial charge in [-0.15, -0.1) is 0 Å². The van der Waals surface area contributed by atoms with Crippen LogP contribution < -0.4 is 5.32 Å². The summed E-state index contributed by atoms with van der Waals surface area (Å²) >= 11 is 5.71. The van der Waals surface area contributed by atoms with E-state index in [1.807, 2.05) is 6.92 Å². The highest BCUT2D eigenvalue weighted by molar-refractivity contribution is 6.31. The van der Waals surface area contributed by atoms with Gasteiger partial charge in [-0.1, -0.05) is 11.6 Å². The van der Waals surface area contributed by atoms with E-state index in [1.165, 1.54) is 18.2 Å². The average molecular weight is 315 g/mol. The summed E-state index contributed by atoms with van der Waals surface area (Å²) < 4.78 is 18.4. The van der Waals surface area contributed by atoms with Crippen LogP contribution in [0, 0.1) is 5.82 Å². The molecule has 1 aliphatic heterocycles. The van der Waals surface area contributed by atoms with Crippen LogP contribution in [-0.2, 0) is 9.53 Å². The third kappa shape index (κ3) is 4.15. The van der Waals surface area contributed by atoms with Crippen LogP contribution in [0.25, 0.3) is 0 Å². The van der Waals surface area contributed by atoms with Gasteiger partial charge in [-0.3, -0.25) is 9.69 Å². The maximum atomic E-state index is 13.1. The Balaban J connectivity index is 1.92. The Morgan fingerprint density at radius 3 is 2.71 bits per heavy atom. The number of nitrogens with zero attached hydrogens (tertiary/aromatic N) is 1. The van der Waals surface area contributed by atoms with Gasteiger partial charge in [0.2, 0.25) is 5.91 Å². The van der Waals surface area contributed by atoms with E-state index in [9.17, 15) is 9.18 Å². The third-order valence-corrected chi connectivity index (χ3v) is 4.21. The van der Waals surface area contributed by atoms with E-state index in [1.54, 1.807) is 7.11 Å². The van der Waals surface area contributed by atoms with Crippen LogP contribution in [0.3, 0.4) is 0 Å². The summed E-state index contributed by atoms with van der Waals surface area (Å²) in [6.07, 6.45) is 2.14. The van der Waals surface area contributed by atoms with E-state index in [4.69, 9.17) is 16.3 Å². The zero-order chi connectivity index (χ0) is 15.4. The lowest BCUT2D eigenvalue weighted by Gasteiger charge is -2.34. The first kappa shape index (κ1) is 16.2. The first-order chi connectivity index (χ1) is 10.0. The fraction of sp³-hybridized carbons (Fsp3) is 0.533. The molecule has 0 radical (unpaired) electrons. The molecule has 4 nitrogen and oxygen atoms in total. The summed E-state index contributed by atoms with van der Waals surface area (Å²) in [6, 6.07) is 3.92. The molecule has 1 aromatic carbocycles. The minimum absolute atomic E-state index is 0.00126. The fourth-order valence-corrected chi connectivity index (χ4v) is 2.67. The first-order valence-corrected chi connectivity index (χ1v) is 7.42.